The third-order valence-electron chi connectivity index (χ3n) is 2.03. The first kappa shape index (κ1) is 14.2. The Morgan fingerprint density at radius 3 is 2.88 bits per heavy atom. The summed E-state index contributed by atoms with van der Waals surface area (Å²) in [7, 11) is -3.37. The molecule has 2 N–H and O–H groups in total. The Kier molecular flexibility index (Phi) is 5.67. The Balaban J connectivity index is 2.52. The number of aromatic nitrogens is 1. The lowest BCUT2D eigenvalue weighted by Gasteiger charge is -2.08. The van der Waals surface area contributed by atoms with E-state index in [0.29, 0.717) is 18.0 Å². The van der Waals surface area contributed by atoms with Crippen molar-refractivity contribution in [2.75, 3.05) is 23.6 Å². The number of pyridine rings is 1. The Labute approximate surface area is 107 Å². The Morgan fingerprint density at radius 2 is 2.24 bits per heavy atom. The predicted octanol–water partition coefficient (Wildman–Crippen LogP) is 1.48. The molecule has 1 heterocycles. The fourth-order valence-corrected chi connectivity index (χ4v) is 2.53. The number of rotatable bonds is 7. The summed E-state index contributed by atoms with van der Waals surface area (Å²) in [6, 6.07) is 3.23. The van der Waals surface area contributed by atoms with Crippen LogP contribution in [0.25, 0.3) is 0 Å². The van der Waals surface area contributed by atoms with Gasteiger partial charge in [0.2, 0.25) is 10.0 Å². The summed E-state index contributed by atoms with van der Waals surface area (Å²) in [4.78, 5) is 3.87. The minimum atomic E-state index is -3.37. The van der Waals surface area contributed by atoms with Crippen molar-refractivity contribution in [3.63, 3.8) is 0 Å². The normalized spacial score (nSPS) is 11.4. The number of nitrogens with zero attached hydrogens (tertiary/aromatic N) is 1. The molecule has 1 aromatic heterocycles. The summed E-state index contributed by atoms with van der Waals surface area (Å²) in [5.41, 5.74) is 0. The smallest absolute Gasteiger partial charge is 0.233 e. The summed E-state index contributed by atoms with van der Waals surface area (Å²) >= 11 is 5.81. The Hall–Kier alpha value is -0.850. The lowest BCUT2D eigenvalue weighted by atomic mass is 10.5. The van der Waals surface area contributed by atoms with Crippen LogP contribution >= 0.6 is 11.6 Å². The molecule has 0 saturated heterocycles. The van der Waals surface area contributed by atoms with Crippen molar-refractivity contribution in [2.45, 2.75) is 13.3 Å². The maximum atomic E-state index is 11.7. The maximum Gasteiger partial charge on any atom is 0.233 e. The van der Waals surface area contributed by atoms with E-state index in [1.54, 1.807) is 12.1 Å². The molecule has 0 aromatic carbocycles. The van der Waals surface area contributed by atoms with Gasteiger partial charge in [-0.2, -0.15) is 0 Å². The molecule has 0 bridgehead atoms. The number of anilines is 1. The van der Waals surface area contributed by atoms with Crippen LogP contribution in [0.3, 0.4) is 0 Å². The second-order valence-electron chi connectivity index (χ2n) is 3.46. The first-order valence-electron chi connectivity index (χ1n) is 5.37. The van der Waals surface area contributed by atoms with Crippen molar-refractivity contribution in [3.8, 4) is 0 Å². The molecule has 17 heavy (non-hydrogen) atoms. The Morgan fingerprint density at radius 1 is 1.47 bits per heavy atom. The molecule has 7 heteroatoms. The molecule has 0 fully saturated rings. The molecule has 0 aliphatic carbocycles. The van der Waals surface area contributed by atoms with Gasteiger partial charge in [-0.05, 0) is 31.6 Å². The second kappa shape index (κ2) is 6.78. The van der Waals surface area contributed by atoms with Crippen molar-refractivity contribution in [1.82, 2.24) is 10.3 Å². The van der Waals surface area contributed by atoms with E-state index in [-0.39, 0.29) is 11.6 Å². The third kappa shape index (κ3) is 5.34. The van der Waals surface area contributed by atoms with Crippen molar-refractivity contribution in [1.29, 1.82) is 0 Å². The first-order chi connectivity index (χ1) is 8.05. The van der Waals surface area contributed by atoms with Gasteiger partial charge < -0.3 is 5.32 Å². The molecule has 0 unspecified atom stereocenters. The highest BCUT2D eigenvalue weighted by molar-refractivity contribution is 7.92. The standard InChI is InChI=1S/C10H16ClN3O2S/c1-2-12-6-4-8-17(15,16)14-10-9(11)5-3-7-13-10/h3,5,7,12H,2,4,6,8H2,1H3,(H,13,14). The molecule has 0 atom stereocenters. The molecule has 5 nitrogen and oxygen atoms in total. The van der Waals surface area contributed by atoms with Crippen molar-refractivity contribution in [2.24, 2.45) is 0 Å². The monoisotopic (exact) mass is 277 g/mol. The number of sulfonamides is 1. The molecule has 0 spiro atoms. The third-order valence-corrected chi connectivity index (χ3v) is 3.66. The predicted molar refractivity (Wildman–Crippen MR) is 69.8 cm³/mol. The summed E-state index contributed by atoms with van der Waals surface area (Å²) in [6.07, 6.45) is 2.04. The average Bonchev–Trinajstić information content (AvgIpc) is 2.28. The molecule has 1 rings (SSSR count). The molecule has 0 aliphatic rings. The molecule has 1 aromatic rings. The van der Waals surface area contributed by atoms with Gasteiger partial charge in [-0.15, -0.1) is 0 Å². The number of nitrogens with one attached hydrogen (secondary N) is 2. The zero-order valence-corrected chi connectivity index (χ0v) is 11.2. The quantitative estimate of drug-likeness (QED) is 0.741. The van der Waals surface area contributed by atoms with Crippen LogP contribution in [0.4, 0.5) is 5.82 Å². The summed E-state index contributed by atoms with van der Waals surface area (Å²) in [6.45, 7) is 3.48. The van der Waals surface area contributed by atoms with Gasteiger partial charge in [0.05, 0.1) is 10.8 Å². The highest BCUT2D eigenvalue weighted by atomic mass is 35.5. The number of hydrogen-bond acceptors (Lipinski definition) is 4. The van der Waals surface area contributed by atoms with E-state index in [9.17, 15) is 8.42 Å². The SMILES string of the molecule is CCNCCCS(=O)(=O)Nc1ncccc1Cl. The van der Waals surface area contributed by atoms with Gasteiger partial charge in [0.1, 0.15) is 0 Å². The second-order valence-corrected chi connectivity index (χ2v) is 5.71. The van der Waals surface area contributed by atoms with Crippen molar-refractivity contribution >= 4 is 27.4 Å². The zero-order chi connectivity index (χ0) is 12.7. The molecule has 0 radical (unpaired) electrons. The first-order valence-corrected chi connectivity index (χ1v) is 7.40. The topological polar surface area (TPSA) is 71.1 Å². The van der Waals surface area contributed by atoms with Crippen LogP contribution in [-0.4, -0.2) is 32.2 Å². The summed E-state index contributed by atoms with van der Waals surface area (Å²) in [5, 5.41) is 3.36. The van der Waals surface area contributed by atoms with Crippen molar-refractivity contribution < 1.29 is 8.42 Å². The molecule has 0 aliphatic heterocycles. The van der Waals surface area contributed by atoms with Gasteiger partial charge in [-0.3, -0.25) is 4.72 Å². The maximum absolute atomic E-state index is 11.7. The van der Waals surface area contributed by atoms with Gasteiger partial charge in [0, 0.05) is 6.20 Å². The van der Waals surface area contributed by atoms with E-state index in [1.807, 2.05) is 6.92 Å². The lowest BCUT2D eigenvalue weighted by molar-refractivity contribution is 0.595. The van der Waals surface area contributed by atoms with Gasteiger partial charge in [0.15, 0.2) is 5.82 Å². The van der Waals surface area contributed by atoms with E-state index >= 15 is 0 Å². The van der Waals surface area contributed by atoms with Gasteiger partial charge in [-0.1, -0.05) is 18.5 Å². The van der Waals surface area contributed by atoms with E-state index < -0.39 is 10.0 Å². The summed E-state index contributed by atoms with van der Waals surface area (Å²) in [5.74, 6) is 0.227. The minimum absolute atomic E-state index is 0.0485. The van der Waals surface area contributed by atoms with Gasteiger partial charge in [-0.25, -0.2) is 13.4 Å². The van der Waals surface area contributed by atoms with E-state index in [1.165, 1.54) is 6.20 Å². The molecule has 0 saturated carbocycles. The van der Waals surface area contributed by atoms with Crippen molar-refractivity contribution in [3.05, 3.63) is 23.4 Å². The number of halogens is 1. The minimum Gasteiger partial charge on any atom is -0.317 e. The van der Waals surface area contributed by atoms with Gasteiger partial charge in [0.25, 0.3) is 0 Å². The van der Waals surface area contributed by atoms with Crippen LogP contribution in [0, 0.1) is 0 Å². The fourth-order valence-electron chi connectivity index (χ4n) is 1.22. The highest BCUT2D eigenvalue weighted by Crippen LogP contribution is 2.18. The van der Waals surface area contributed by atoms with Gasteiger partial charge >= 0.3 is 0 Å². The highest BCUT2D eigenvalue weighted by Gasteiger charge is 2.12. The van der Waals surface area contributed by atoms with Crippen LogP contribution in [-0.2, 0) is 10.0 Å². The molecule has 96 valence electrons. The van der Waals surface area contributed by atoms with Crippen LogP contribution in [0.1, 0.15) is 13.3 Å². The van der Waals surface area contributed by atoms with Crippen LogP contribution < -0.4 is 10.0 Å². The lowest BCUT2D eigenvalue weighted by Crippen LogP contribution is -2.22. The van der Waals surface area contributed by atoms with E-state index in [4.69, 9.17) is 11.6 Å². The fraction of sp³-hybridized carbons (Fsp3) is 0.500. The van der Waals surface area contributed by atoms with Crippen LogP contribution in [0.2, 0.25) is 5.02 Å². The Bertz CT molecular complexity index is 451. The molecular formula is C10H16ClN3O2S. The van der Waals surface area contributed by atoms with Crippen LogP contribution in [0.5, 0.6) is 0 Å². The largest absolute Gasteiger partial charge is 0.317 e. The number of hydrogen-bond donors (Lipinski definition) is 2. The van der Waals surface area contributed by atoms with E-state index in [2.05, 4.69) is 15.0 Å². The molecular weight excluding hydrogens is 262 g/mol. The average molecular weight is 278 g/mol. The molecule has 0 amide bonds. The summed E-state index contributed by atoms with van der Waals surface area (Å²) < 4.78 is 25.7. The van der Waals surface area contributed by atoms with Crippen LogP contribution in [0.15, 0.2) is 18.3 Å². The zero-order valence-electron chi connectivity index (χ0n) is 9.61. The van der Waals surface area contributed by atoms with E-state index in [0.717, 1.165) is 6.54 Å².